The molecule has 70 heavy (non-hydrogen) atoms. The van der Waals surface area contributed by atoms with Crippen molar-refractivity contribution in [3.05, 3.63) is 145 Å². The summed E-state index contributed by atoms with van der Waals surface area (Å²) in [6, 6.07) is 27.7. The highest BCUT2D eigenvalue weighted by Crippen LogP contribution is 2.49. The van der Waals surface area contributed by atoms with Crippen LogP contribution in [0.4, 0.5) is 39.8 Å². The molecule has 9 N–H and O–H groups in total. The Hall–Kier alpha value is -8.36. The number of anilines is 3. The Bertz CT molecular complexity index is 3490. The minimum atomic E-state index is -5.36. The van der Waals surface area contributed by atoms with Crippen LogP contribution >= 0.6 is 0 Å². The molecule has 26 nitrogen and oxygen atoms in total. The number of hydrogen-bond donors (Lipinski definition) is 8. The van der Waals surface area contributed by atoms with Crippen LogP contribution in [0, 0.1) is 0 Å². The van der Waals surface area contributed by atoms with Crippen molar-refractivity contribution in [1.29, 1.82) is 0 Å². The normalized spacial score (nSPS) is 14.4. The number of aromatic hydroxyl groups is 1. The minimum absolute atomic E-state index is 0.0108. The number of hydrazine groups is 4. The van der Waals surface area contributed by atoms with E-state index in [4.69, 9.17) is 5.73 Å². The largest absolute Gasteiger partial charge is 0.505 e. The minimum Gasteiger partial charge on any atom is -0.505 e. The van der Waals surface area contributed by atoms with Crippen molar-refractivity contribution in [2.45, 2.75) is 9.79 Å². The lowest BCUT2D eigenvalue weighted by Crippen LogP contribution is -2.51. The Morgan fingerprint density at radius 3 is 1.33 bits per heavy atom. The number of nitrogens with two attached hydrogens (primary N) is 1. The van der Waals surface area contributed by atoms with E-state index in [2.05, 4.69) is 41.7 Å². The summed E-state index contributed by atoms with van der Waals surface area (Å²) in [5, 5.41) is 36.6. The Kier molecular flexibility index (Phi) is 12.8. The quantitative estimate of drug-likeness (QED) is 0.0342. The summed E-state index contributed by atoms with van der Waals surface area (Å²) in [5.74, 6) is -1.10. The Morgan fingerprint density at radius 1 is 0.529 bits per heavy atom. The third kappa shape index (κ3) is 9.67. The van der Waals surface area contributed by atoms with Gasteiger partial charge < -0.3 is 10.8 Å². The van der Waals surface area contributed by atoms with E-state index in [0.717, 1.165) is 10.2 Å². The van der Waals surface area contributed by atoms with Crippen LogP contribution in [0.15, 0.2) is 174 Å². The molecular weight excluding hydrogens is 999 g/mol. The third-order valence-corrected chi connectivity index (χ3v) is 13.2. The van der Waals surface area contributed by atoms with Gasteiger partial charge in [0, 0.05) is 11.1 Å². The van der Waals surface area contributed by atoms with Crippen molar-refractivity contribution < 1.29 is 57.0 Å². The molecule has 0 fully saturated rings. The van der Waals surface area contributed by atoms with Crippen LogP contribution in [0.1, 0.15) is 11.1 Å². The Morgan fingerprint density at radius 2 is 0.914 bits per heavy atom. The number of hydrogen-bond acceptors (Lipinski definition) is 20. The fraction of sp³-hybridized carbons (Fsp3) is 0. The number of allylic oxidation sites excluding steroid dienone is 2. The molecule has 0 bridgehead atoms. The highest BCUT2D eigenvalue weighted by Gasteiger charge is 2.34. The number of phenolic OH excluding ortho intramolecular Hbond substituents is 1. The molecule has 6 aromatic rings. The van der Waals surface area contributed by atoms with Gasteiger partial charge in [0.25, 0.3) is 20.2 Å². The van der Waals surface area contributed by atoms with Gasteiger partial charge in [0.05, 0.1) is 57.6 Å². The number of benzene rings is 6. The zero-order valence-electron chi connectivity index (χ0n) is 35.0. The summed E-state index contributed by atoms with van der Waals surface area (Å²) in [7, 11) is -20.8. The van der Waals surface area contributed by atoms with E-state index in [1.165, 1.54) is 122 Å². The zero-order valence-corrected chi connectivity index (χ0v) is 38.3. The maximum Gasteiger partial charge on any atom is 0.379 e. The molecule has 0 radical (unpaired) electrons. The number of rotatable bonds is 14. The lowest BCUT2D eigenvalue weighted by molar-refractivity contribution is 0.296. The van der Waals surface area contributed by atoms with Crippen LogP contribution in [0.2, 0.25) is 0 Å². The van der Waals surface area contributed by atoms with E-state index in [-0.39, 0.29) is 45.3 Å². The van der Waals surface area contributed by atoms with Crippen molar-refractivity contribution >= 4 is 115 Å². The number of azo groups is 2. The molecule has 2 aliphatic rings. The average Bonchev–Trinajstić information content (AvgIpc) is 3.30. The van der Waals surface area contributed by atoms with Gasteiger partial charge >= 0.3 is 20.6 Å². The standard InChI is InChI=1S/C40H33N13O13S4/c41-37-36-25(23-34(67(55,56)57)38(37)46-44-30-17-9-7-15-28(30)32-19-21-42-48-50(32)52(69(61,62)63)26-11-3-1-4-12-26)24-35(68(58,59)60)39(40(36)54)47-45-31-18-10-8-16-29(31)33-20-22-43-49-51(33)53(70(64,65)66)27-13-5-2-6-14-27/h1-24,48-49,54H,41H2,(H,55,56,57)(H,58,59,60)(H,61,62,63)(H,64,65,66). The molecule has 0 saturated heterocycles. The molecule has 0 aliphatic carbocycles. The van der Waals surface area contributed by atoms with Gasteiger partial charge in [0.1, 0.15) is 21.2 Å². The van der Waals surface area contributed by atoms with E-state index in [1.807, 2.05) is 0 Å². The number of nitrogen functional groups attached to an aromatic ring is 1. The summed E-state index contributed by atoms with van der Waals surface area (Å²) in [4.78, 5) is -2.16. The second-order valence-corrected chi connectivity index (χ2v) is 19.6. The lowest BCUT2D eigenvalue weighted by Gasteiger charge is -2.36. The second-order valence-electron chi connectivity index (χ2n) is 14.3. The average molecular weight is 1030 g/mol. The molecule has 30 heteroatoms. The van der Waals surface area contributed by atoms with Crippen LogP contribution in [-0.2, 0) is 40.8 Å². The zero-order chi connectivity index (χ0) is 50.2. The van der Waals surface area contributed by atoms with Gasteiger partial charge in [-0.05, 0) is 66.1 Å². The number of nitrogens with one attached hydrogen (secondary N) is 2. The smallest absolute Gasteiger partial charge is 0.379 e. The summed E-state index contributed by atoms with van der Waals surface area (Å²) < 4.78 is 145. The maximum atomic E-state index is 12.9. The first-order valence-corrected chi connectivity index (χ1v) is 25.1. The van der Waals surface area contributed by atoms with Gasteiger partial charge in [-0.1, -0.05) is 72.8 Å². The van der Waals surface area contributed by atoms with Crippen LogP contribution in [0.5, 0.6) is 5.75 Å². The first-order valence-electron chi connectivity index (χ1n) is 19.5. The van der Waals surface area contributed by atoms with E-state index in [0.29, 0.717) is 21.0 Å². The Labute approximate surface area is 397 Å². The maximum absolute atomic E-state index is 12.9. The fourth-order valence-electron chi connectivity index (χ4n) is 7.01. The topological polar surface area (TPSA) is 375 Å². The van der Waals surface area contributed by atoms with Crippen molar-refractivity contribution in [2.75, 3.05) is 14.6 Å². The summed E-state index contributed by atoms with van der Waals surface area (Å²) in [6.07, 6.45) is 5.16. The summed E-state index contributed by atoms with van der Waals surface area (Å²) >= 11 is 0. The Balaban J connectivity index is 1.25. The van der Waals surface area contributed by atoms with Crippen LogP contribution in [-0.4, -0.2) is 79.7 Å². The molecule has 0 atom stereocenters. The van der Waals surface area contributed by atoms with Crippen molar-refractivity contribution in [2.24, 2.45) is 30.7 Å². The van der Waals surface area contributed by atoms with E-state index >= 15 is 0 Å². The molecule has 2 aliphatic heterocycles. The SMILES string of the molecule is Nc1c(N=Nc2ccccc2C2=CC=NNN2N(c2ccccc2)S(=O)(=O)O)c(S(=O)(=O)O)cc2cc(S(=O)(=O)O)c(N=Nc3ccccc3C3=CC=NNN3N(c3ccccc3)S(=O)(=O)O)c(O)c12. The first kappa shape index (κ1) is 48.1. The van der Waals surface area contributed by atoms with Crippen molar-refractivity contribution in [3.63, 3.8) is 0 Å². The van der Waals surface area contributed by atoms with E-state index < -0.39 is 84.2 Å². The molecule has 8 rings (SSSR count). The van der Waals surface area contributed by atoms with Gasteiger partial charge in [-0.3, -0.25) is 18.2 Å². The molecule has 0 spiro atoms. The molecular formula is C40H33N13O13S4. The number of phenols is 1. The highest BCUT2D eigenvalue weighted by molar-refractivity contribution is 7.87. The monoisotopic (exact) mass is 1030 g/mol. The molecule has 0 saturated carbocycles. The first-order chi connectivity index (χ1) is 33.1. The van der Waals surface area contributed by atoms with Crippen molar-refractivity contribution in [1.82, 2.24) is 21.3 Å². The number of para-hydroxylation sites is 2. The molecule has 2 heterocycles. The predicted molar refractivity (Wildman–Crippen MR) is 255 cm³/mol. The van der Waals surface area contributed by atoms with Crippen LogP contribution in [0.3, 0.4) is 0 Å². The molecule has 0 aromatic heterocycles. The number of hydrazone groups is 2. The molecule has 0 unspecified atom stereocenters. The van der Waals surface area contributed by atoms with E-state index in [1.54, 1.807) is 12.1 Å². The van der Waals surface area contributed by atoms with Crippen LogP contribution in [0.25, 0.3) is 22.2 Å². The number of nitrogens with zero attached hydrogens (tertiary/aromatic N) is 10. The highest BCUT2D eigenvalue weighted by atomic mass is 32.2. The van der Waals surface area contributed by atoms with Crippen molar-refractivity contribution in [3.8, 4) is 5.75 Å². The summed E-state index contributed by atoms with van der Waals surface area (Å²) in [5.41, 5.74) is 8.81. The molecule has 6 aromatic carbocycles. The summed E-state index contributed by atoms with van der Waals surface area (Å²) in [6.45, 7) is 0. The third-order valence-electron chi connectivity index (χ3n) is 9.88. The lowest BCUT2D eigenvalue weighted by atomic mass is 10.0. The van der Waals surface area contributed by atoms with Gasteiger partial charge in [0.15, 0.2) is 5.75 Å². The van der Waals surface area contributed by atoms with Gasteiger partial charge in [-0.15, -0.1) is 29.3 Å². The van der Waals surface area contributed by atoms with Gasteiger partial charge in [-0.2, -0.15) is 65.2 Å². The molecule has 360 valence electrons. The van der Waals surface area contributed by atoms with Crippen LogP contribution < -0.4 is 25.6 Å². The van der Waals surface area contributed by atoms with Gasteiger partial charge in [-0.25, -0.2) is 0 Å². The number of fused-ring (bicyclic) bond motifs is 1. The fourth-order valence-corrected chi connectivity index (χ4v) is 9.77. The van der Waals surface area contributed by atoms with Gasteiger partial charge in [0.2, 0.25) is 0 Å². The van der Waals surface area contributed by atoms with E-state index in [9.17, 15) is 57.0 Å². The second kappa shape index (κ2) is 18.6. The predicted octanol–water partition coefficient (Wildman–Crippen LogP) is 6.19. The molecule has 0 amide bonds.